The van der Waals surface area contributed by atoms with Crippen LogP contribution < -0.4 is 4.90 Å². The largest absolute Gasteiger partial charge is 0.326 e. The zero-order valence-corrected chi connectivity index (χ0v) is 15.7. The highest BCUT2D eigenvalue weighted by atomic mass is 32.2. The molecule has 1 aromatic heterocycles. The van der Waals surface area contributed by atoms with Crippen LogP contribution in [0.5, 0.6) is 0 Å². The lowest BCUT2D eigenvalue weighted by Gasteiger charge is -2.15. The predicted molar refractivity (Wildman–Crippen MR) is 100 cm³/mol. The van der Waals surface area contributed by atoms with Crippen molar-refractivity contribution in [3.05, 3.63) is 41.7 Å². The van der Waals surface area contributed by atoms with Crippen LogP contribution in [0.3, 0.4) is 0 Å². The molecule has 0 radical (unpaired) electrons. The molecule has 2 aromatic rings. The Hall–Kier alpha value is -2.08. The maximum Gasteiger partial charge on any atom is 0.223 e. The molecule has 1 aliphatic rings. The molecule has 0 bridgehead atoms. The molecule has 0 aliphatic carbocycles. The third-order valence-electron chi connectivity index (χ3n) is 4.43. The number of fused-ring (bicyclic) bond motifs is 1. The molecule has 5 nitrogen and oxygen atoms in total. The zero-order chi connectivity index (χ0) is 18.0. The van der Waals surface area contributed by atoms with Gasteiger partial charge >= 0.3 is 0 Å². The van der Waals surface area contributed by atoms with Gasteiger partial charge in [-0.15, -0.1) is 0 Å². The molecule has 6 heteroatoms. The van der Waals surface area contributed by atoms with Gasteiger partial charge in [-0.3, -0.25) is 9.59 Å². The monoisotopic (exact) mass is 357 g/mol. The average Bonchev–Trinajstić information content (AvgIpc) is 3.20. The minimum atomic E-state index is -0.207. The van der Waals surface area contributed by atoms with Crippen LogP contribution >= 0.6 is 11.8 Å². The number of anilines is 1. The minimum Gasteiger partial charge on any atom is -0.326 e. The van der Waals surface area contributed by atoms with Crippen LogP contribution in [0.1, 0.15) is 43.1 Å². The third-order valence-corrected chi connectivity index (χ3v) is 5.55. The van der Waals surface area contributed by atoms with Crippen molar-refractivity contribution in [1.29, 1.82) is 0 Å². The Bertz CT molecular complexity index is 800. The highest BCUT2D eigenvalue weighted by Crippen LogP contribution is 2.31. The molecular weight excluding hydrogens is 334 g/mol. The van der Waals surface area contributed by atoms with Crippen LogP contribution in [0.4, 0.5) is 5.69 Å². The summed E-state index contributed by atoms with van der Waals surface area (Å²) in [4.78, 5) is 30.6. The van der Waals surface area contributed by atoms with Crippen LogP contribution in [0, 0.1) is 0 Å². The fraction of sp³-hybridized carbons (Fsp3) is 0.421. The summed E-state index contributed by atoms with van der Waals surface area (Å²) >= 11 is 1.50. The number of rotatable bonds is 6. The molecule has 1 atom stereocenters. The number of Topliss-reactive ketones (excluding diaryl/α,β-unsaturated/α-hetero) is 1. The van der Waals surface area contributed by atoms with Crippen molar-refractivity contribution in [3.63, 3.8) is 0 Å². The van der Waals surface area contributed by atoms with Gasteiger partial charge in [0.1, 0.15) is 0 Å². The standard InChI is InChI=1S/C19H23N3O2S/c1-4-9-21-11-8-20-19(21)25-13(2)18(24)16-5-6-17-15(12-16)7-10-22(17)14(3)23/h5-6,8,11-13H,4,7,9-10H2,1-3H3/t13-/m1/s1. The third kappa shape index (κ3) is 3.63. The van der Waals surface area contributed by atoms with E-state index < -0.39 is 0 Å². The molecule has 132 valence electrons. The van der Waals surface area contributed by atoms with Crippen molar-refractivity contribution >= 4 is 29.1 Å². The fourth-order valence-corrected chi connectivity index (χ4v) is 4.12. The van der Waals surface area contributed by atoms with E-state index in [4.69, 9.17) is 0 Å². The van der Waals surface area contributed by atoms with Gasteiger partial charge in [-0.2, -0.15) is 0 Å². The maximum atomic E-state index is 12.8. The summed E-state index contributed by atoms with van der Waals surface area (Å²) in [5.74, 6) is 0.143. The molecule has 0 unspecified atom stereocenters. The molecule has 0 saturated heterocycles. The van der Waals surface area contributed by atoms with Gasteiger partial charge in [0.15, 0.2) is 10.9 Å². The van der Waals surface area contributed by atoms with Gasteiger partial charge in [-0.25, -0.2) is 4.98 Å². The van der Waals surface area contributed by atoms with Crippen molar-refractivity contribution in [3.8, 4) is 0 Å². The summed E-state index contributed by atoms with van der Waals surface area (Å²) < 4.78 is 2.09. The molecular formula is C19H23N3O2S. The van der Waals surface area contributed by atoms with Crippen LogP contribution in [0.15, 0.2) is 35.7 Å². The van der Waals surface area contributed by atoms with Gasteiger partial charge < -0.3 is 9.47 Å². The number of nitrogens with zero attached hydrogens (tertiary/aromatic N) is 3. The molecule has 1 amide bonds. The van der Waals surface area contributed by atoms with Gasteiger partial charge in [0, 0.05) is 43.7 Å². The number of hydrogen-bond donors (Lipinski definition) is 0. The summed E-state index contributed by atoms with van der Waals surface area (Å²) in [6, 6.07) is 5.67. The normalized spacial score (nSPS) is 14.4. The van der Waals surface area contributed by atoms with Crippen molar-refractivity contribution in [2.45, 2.75) is 50.6 Å². The van der Waals surface area contributed by atoms with E-state index in [1.807, 2.05) is 31.3 Å². The number of benzene rings is 1. The minimum absolute atomic E-state index is 0.0458. The highest BCUT2D eigenvalue weighted by molar-refractivity contribution is 8.00. The smallest absolute Gasteiger partial charge is 0.223 e. The lowest BCUT2D eigenvalue weighted by Crippen LogP contribution is -2.25. The summed E-state index contributed by atoms with van der Waals surface area (Å²) in [6.07, 6.45) is 5.57. The van der Waals surface area contributed by atoms with Crippen LogP contribution in [0.25, 0.3) is 0 Å². The van der Waals surface area contributed by atoms with Gasteiger partial charge in [0.25, 0.3) is 0 Å². The number of imidazole rings is 1. The lowest BCUT2D eigenvalue weighted by atomic mass is 10.0. The number of aryl methyl sites for hydroxylation is 1. The molecule has 0 saturated carbocycles. The number of carbonyl (C=O) groups excluding carboxylic acids is 2. The van der Waals surface area contributed by atoms with E-state index in [0.29, 0.717) is 12.1 Å². The molecule has 0 fully saturated rings. The molecule has 2 heterocycles. The van der Waals surface area contributed by atoms with E-state index in [1.165, 1.54) is 11.8 Å². The van der Waals surface area contributed by atoms with Crippen LogP contribution in [0.2, 0.25) is 0 Å². The topological polar surface area (TPSA) is 55.2 Å². The number of carbonyl (C=O) groups is 2. The number of ketones is 1. The number of thioether (sulfide) groups is 1. The first-order valence-corrected chi connectivity index (χ1v) is 9.52. The SMILES string of the molecule is CCCn1ccnc1S[C@H](C)C(=O)c1ccc2c(c1)CCN2C(C)=O. The number of aromatic nitrogens is 2. The Labute approximate surface area is 152 Å². The molecule has 25 heavy (non-hydrogen) atoms. The summed E-state index contributed by atoms with van der Waals surface area (Å²) in [7, 11) is 0. The van der Waals surface area contributed by atoms with E-state index in [9.17, 15) is 9.59 Å². The fourth-order valence-electron chi connectivity index (χ4n) is 3.15. The van der Waals surface area contributed by atoms with Crippen LogP contribution in [-0.4, -0.2) is 33.0 Å². The molecule has 1 aliphatic heterocycles. The predicted octanol–water partition coefficient (Wildman–Crippen LogP) is 3.57. The van der Waals surface area contributed by atoms with E-state index in [2.05, 4.69) is 16.5 Å². The van der Waals surface area contributed by atoms with Gasteiger partial charge in [-0.1, -0.05) is 18.7 Å². The number of hydrogen-bond acceptors (Lipinski definition) is 4. The second-order valence-electron chi connectivity index (χ2n) is 6.29. The lowest BCUT2D eigenvalue weighted by molar-refractivity contribution is -0.116. The van der Waals surface area contributed by atoms with Crippen molar-refractivity contribution in [1.82, 2.24) is 9.55 Å². The second-order valence-corrected chi connectivity index (χ2v) is 7.60. The molecule has 0 N–H and O–H groups in total. The quantitative estimate of drug-likeness (QED) is 0.586. The Morgan fingerprint density at radius 1 is 1.36 bits per heavy atom. The van der Waals surface area contributed by atoms with Crippen LogP contribution in [-0.2, 0) is 17.8 Å². The van der Waals surface area contributed by atoms with Crippen molar-refractivity contribution < 1.29 is 9.59 Å². The van der Waals surface area contributed by atoms with Crippen molar-refractivity contribution in [2.75, 3.05) is 11.4 Å². The van der Waals surface area contributed by atoms with Crippen molar-refractivity contribution in [2.24, 2.45) is 0 Å². The van der Waals surface area contributed by atoms with Gasteiger partial charge in [0.2, 0.25) is 5.91 Å². The first-order chi connectivity index (χ1) is 12.0. The Kier molecular flexibility index (Phi) is 5.27. The summed E-state index contributed by atoms with van der Waals surface area (Å²) in [5, 5.41) is 0.674. The Morgan fingerprint density at radius 3 is 2.88 bits per heavy atom. The number of amides is 1. The molecule has 1 aromatic carbocycles. The average molecular weight is 357 g/mol. The molecule has 3 rings (SSSR count). The Morgan fingerprint density at radius 2 is 2.16 bits per heavy atom. The second kappa shape index (κ2) is 7.44. The maximum absolute atomic E-state index is 12.8. The summed E-state index contributed by atoms with van der Waals surface area (Å²) in [6.45, 7) is 7.22. The van der Waals surface area contributed by atoms with Gasteiger partial charge in [-0.05, 0) is 43.5 Å². The molecule has 0 spiro atoms. The van der Waals surface area contributed by atoms with E-state index >= 15 is 0 Å². The Balaban J connectivity index is 1.75. The summed E-state index contributed by atoms with van der Waals surface area (Å²) in [5.41, 5.74) is 2.71. The van der Waals surface area contributed by atoms with Gasteiger partial charge in [0.05, 0.1) is 5.25 Å². The first-order valence-electron chi connectivity index (χ1n) is 8.64. The van der Waals surface area contributed by atoms with E-state index in [-0.39, 0.29) is 16.9 Å². The zero-order valence-electron chi connectivity index (χ0n) is 14.9. The van der Waals surface area contributed by atoms with E-state index in [0.717, 1.165) is 35.8 Å². The van der Waals surface area contributed by atoms with E-state index in [1.54, 1.807) is 18.0 Å². The highest BCUT2D eigenvalue weighted by Gasteiger charge is 2.25. The first kappa shape index (κ1) is 17.7.